The maximum Gasteiger partial charge on any atom is 0.230 e. The minimum absolute atomic E-state index is 0.117. The maximum absolute atomic E-state index is 13.0. The zero-order valence-corrected chi connectivity index (χ0v) is 15.5. The van der Waals surface area contributed by atoms with Crippen LogP contribution in [0.4, 0.5) is 5.69 Å². The molecular formula is C18H27BrN2O2. The van der Waals surface area contributed by atoms with Gasteiger partial charge in [0.15, 0.2) is 0 Å². The zero-order chi connectivity index (χ0) is 16.5. The maximum atomic E-state index is 13.0. The molecule has 0 aromatic heterocycles. The van der Waals surface area contributed by atoms with Gasteiger partial charge in [-0.25, -0.2) is 0 Å². The summed E-state index contributed by atoms with van der Waals surface area (Å²) in [5, 5.41) is 3.32. The largest absolute Gasteiger partial charge is 0.380 e. The van der Waals surface area contributed by atoms with Gasteiger partial charge in [-0.3, -0.25) is 4.79 Å². The molecule has 0 saturated carbocycles. The summed E-state index contributed by atoms with van der Waals surface area (Å²) in [6.45, 7) is 5.97. The van der Waals surface area contributed by atoms with E-state index in [0.717, 1.165) is 55.5 Å². The molecule has 0 bridgehead atoms. The molecule has 1 amide bonds. The van der Waals surface area contributed by atoms with Crippen LogP contribution in [-0.2, 0) is 9.53 Å². The number of amides is 1. The first-order chi connectivity index (χ1) is 11.2. The van der Waals surface area contributed by atoms with Crippen LogP contribution in [0.1, 0.15) is 32.6 Å². The first kappa shape index (κ1) is 18.4. The number of anilines is 1. The summed E-state index contributed by atoms with van der Waals surface area (Å²) in [6, 6.07) is 7.95. The Bertz CT molecular complexity index is 490. The number of carbonyl (C=O) groups is 1. The van der Waals surface area contributed by atoms with E-state index in [-0.39, 0.29) is 11.8 Å². The number of ether oxygens (including phenoxy) is 1. The fourth-order valence-electron chi connectivity index (χ4n) is 2.80. The number of rotatable bonds is 8. The third-order valence-electron chi connectivity index (χ3n) is 4.18. The van der Waals surface area contributed by atoms with E-state index in [1.165, 1.54) is 0 Å². The van der Waals surface area contributed by atoms with Gasteiger partial charge in [-0.15, -0.1) is 0 Å². The third kappa shape index (κ3) is 5.90. The van der Waals surface area contributed by atoms with Gasteiger partial charge in [-0.1, -0.05) is 35.3 Å². The molecule has 1 aromatic carbocycles. The molecule has 1 heterocycles. The number of nitrogens with zero attached hydrogens (tertiary/aromatic N) is 1. The van der Waals surface area contributed by atoms with Gasteiger partial charge >= 0.3 is 0 Å². The van der Waals surface area contributed by atoms with Crippen LogP contribution in [0.5, 0.6) is 0 Å². The SMILES string of the molecule is CCCCOCCN(C(=O)C1CCNCC1)c1cccc(Br)c1. The van der Waals surface area contributed by atoms with Crippen molar-refractivity contribution in [3.05, 3.63) is 28.7 Å². The molecule has 0 radical (unpaired) electrons. The quantitative estimate of drug-likeness (QED) is 0.698. The van der Waals surface area contributed by atoms with Gasteiger partial charge in [0.05, 0.1) is 6.61 Å². The molecule has 1 aliphatic heterocycles. The van der Waals surface area contributed by atoms with Crippen molar-refractivity contribution in [1.82, 2.24) is 5.32 Å². The number of benzene rings is 1. The van der Waals surface area contributed by atoms with Crippen molar-refractivity contribution in [2.75, 3.05) is 37.7 Å². The van der Waals surface area contributed by atoms with E-state index in [2.05, 4.69) is 28.2 Å². The second-order valence-electron chi connectivity index (χ2n) is 5.96. The van der Waals surface area contributed by atoms with Gasteiger partial charge < -0.3 is 15.0 Å². The molecule has 0 aliphatic carbocycles. The van der Waals surface area contributed by atoms with Crippen molar-refractivity contribution in [3.63, 3.8) is 0 Å². The molecule has 2 rings (SSSR count). The molecule has 128 valence electrons. The highest BCUT2D eigenvalue weighted by molar-refractivity contribution is 9.10. The average Bonchev–Trinajstić information content (AvgIpc) is 2.58. The van der Waals surface area contributed by atoms with Crippen LogP contribution in [-0.4, -0.2) is 38.8 Å². The molecule has 1 N–H and O–H groups in total. The Morgan fingerprint density at radius 2 is 2.13 bits per heavy atom. The molecule has 5 heteroatoms. The van der Waals surface area contributed by atoms with E-state index in [1.807, 2.05) is 29.2 Å². The smallest absolute Gasteiger partial charge is 0.230 e. The minimum atomic E-state index is 0.117. The topological polar surface area (TPSA) is 41.6 Å². The molecule has 1 aromatic rings. The van der Waals surface area contributed by atoms with Gasteiger partial charge in [0.25, 0.3) is 0 Å². The second-order valence-corrected chi connectivity index (χ2v) is 6.88. The summed E-state index contributed by atoms with van der Waals surface area (Å²) < 4.78 is 6.67. The van der Waals surface area contributed by atoms with E-state index in [9.17, 15) is 4.79 Å². The van der Waals surface area contributed by atoms with E-state index >= 15 is 0 Å². The Balaban J connectivity index is 2.02. The number of hydrogen-bond donors (Lipinski definition) is 1. The summed E-state index contributed by atoms with van der Waals surface area (Å²) in [5.74, 6) is 0.342. The van der Waals surface area contributed by atoms with Crippen molar-refractivity contribution in [2.24, 2.45) is 5.92 Å². The number of hydrogen-bond acceptors (Lipinski definition) is 3. The van der Waals surface area contributed by atoms with Crippen LogP contribution in [0.15, 0.2) is 28.7 Å². The Kier molecular flexibility index (Phi) is 8.06. The number of piperidine rings is 1. The lowest BCUT2D eigenvalue weighted by Gasteiger charge is -2.30. The van der Waals surface area contributed by atoms with E-state index < -0.39 is 0 Å². The number of carbonyl (C=O) groups excluding carboxylic acids is 1. The van der Waals surface area contributed by atoms with Crippen molar-refractivity contribution in [1.29, 1.82) is 0 Å². The molecule has 1 aliphatic rings. The summed E-state index contributed by atoms with van der Waals surface area (Å²) in [4.78, 5) is 14.9. The summed E-state index contributed by atoms with van der Waals surface area (Å²) in [6.07, 6.45) is 4.03. The molecule has 1 fully saturated rings. The monoisotopic (exact) mass is 382 g/mol. The predicted octanol–water partition coefficient (Wildman–Crippen LogP) is 3.60. The standard InChI is InChI=1S/C18H27BrN2O2/c1-2-3-12-23-13-11-21(17-6-4-5-16(19)14-17)18(22)15-7-9-20-10-8-15/h4-6,14-15,20H,2-3,7-13H2,1H3. The van der Waals surface area contributed by atoms with E-state index in [4.69, 9.17) is 4.74 Å². The van der Waals surface area contributed by atoms with Gasteiger partial charge in [-0.05, 0) is 50.6 Å². The molecule has 4 nitrogen and oxygen atoms in total. The second kappa shape index (κ2) is 10.1. The Labute approximate surface area is 147 Å². The van der Waals surface area contributed by atoms with Crippen LogP contribution in [0, 0.1) is 5.92 Å². The Morgan fingerprint density at radius 3 is 2.83 bits per heavy atom. The van der Waals surface area contributed by atoms with Crippen molar-refractivity contribution >= 4 is 27.5 Å². The number of halogens is 1. The van der Waals surface area contributed by atoms with Gasteiger partial charge in [0, 0.05) is 29.2 Å². The first-order valence-electron chi connectivity index (χ1n) is 8.57. The van der Waals surface area contributed by atoms with Gasteiger partial charge in [0.2, 0.25) is 5.91 Å². The summed E-state index contributed by atoms with van der Waals surface area (Å²) in [7, 11) is 0. The molecule has 0 spiro atoms. The van der Waals surface area contributed by atoms with Crippen LogP contribution < -0.4 is 10.2 Å². The fourth-order valence-corrected chi connectivity index (χ4v) is 3.19. The predicted molar refractivity (Wildman–Crippen MR) is 97.8 cm³/mol. The Hall–Kier alpha value is -0.910. The van der Waals surface area contributed by atoms with E-state index in [1.54, 1.807) is 0 Å². The lowest BCUT2D eigenvalue weighted by molar-refractivity contribution is -0.123. The highest BCUT2D eigenvalue weighted by atomic mass is 79.9. The lowest BCUT2D eigenvalue weighted by Crippen LogP contribution is -2.42. The molecule has 23 heavy (non-hydrogen) atoms. The molecule has 1 saturated heterocycles. The van der Waals surface area contributed by atoms with Crippen LogP contribution in [0.3, 0.4) is 0 Å². The lowest BCUT2D eigenvalue weighted by atomic mass is 9.96. The van der Waals surface area contributed by atoms with E-state index in [0.29, 0.717) is 13.2 Å². The third-order valence-corrected chi connectivity index (χ3v) is 4.67. The molecule has 0 atom stereocenters. The number of nitrogens with one attached hydrogen (secondary N) is 1. The summed E-state index contributed by atoms with van der Waals surface area (Å²) in [5.41, 5.74) is 0.946. The van der Waals surface area contributed by atoms with Crippen molar-refractivity contribution in [2.45, 2.75) is 32.6 Å². The highest BCUT2D eigenvalue weighted by Gasteiger charge is 2.26. The molecular weight excluding hydrogens is 356 g/mol. The van der Waals surface area contributed by atoms with Crippen molar-refractivity contribution in [3.8, 4) is 0 Å². The zero-order valence-electron chi connectivity index (χ0n) is 13.9. The summed E-state index contributed by atoms with van der Waals surface area (Å²) >= 11 is 3.50. The minimum Gasteiger partial charge on any atom is -0.380 e. The van der Waals surface area contributed by atoms with Crippen LogP contribution in [0.2, 0.25) is 0 Å². The van der Waals surface area contributed by atoms with Gasteiger partial charge in [0.1, 0.15) is 0 Å². The van der Waals surface area contributed by atoms with Crippen LogP contribution >= 0.6 is 15.9 Å². The van der Waals surface area contributed by atoms with Crippen LogP contribution in [0.25, 0.3) is 0 Å². The highest BCUT2D eigenvalue weighted by Crippen LogP contribution is 2.24. The van der Waals surface area contributed by atoms with Gasteiger partial charge in [-0.2, -0.15) is 0 Å². The fraction of sp³-hybridized carbons (Fsp3) is 0.611. The average molecular weight is 383 g/mol. The normalized spacial score (nSPS) is 15.6. The molecule has 0 unspecified atom stereocenters. The Morgan fingerprint density at radius 1 is 1.35 bits per heavy atom. The number of unbranched alkanes of at least 4 members (excludes halogenated alkanes) is 1. The first-order valence-corrected chi connectivity index (χ1v) is 9.37. The van der Waals surface area contributed by atoms with Crippen molar-refractivity contribution < 1.29 is 9.53 Å².